The van der Waals surface area contributed by atoms with Crippen LogP contribution in [-0.2, 0) is 9.63 Å². The Balaban J connectivity index is 1.43. The van der Waals surface area contributed by atoms with E-state index in [0.717, 1.165) is 6.07 Å². The summed E-state index contributed by atoms with van der Waals surface area (Å²) in [6, 6.07) is 12.8. The molecule has 0 bridgehead atoms. The summed E-state index contributed by atoms with van der Waals surface area (Å²) in [5.74, 6) is -0.120. The average Bonchev–Trinajstić information content (AvgIpc) is 3.24. The third-order valence-corrected chi connectivity index (χ3v) is 6.74. The minimum atomic E-state index is -0.775. The van der Waals surface area contributed by atoms with Crippen molar-refractivity contribution in [1.29, 1.82) is 0 Å². The third kappa shape index (κ3) is 4.31. The molecule has 6 rings (SSSR count). The standard InChI is InChI=1S/C29H23NO10/c1-13-17(29(35)40-30-13)11-26-28(15-3-5-18(32)23(8-15)36-2)39-24-7-14(4-6-21(24)37-26)22-12-20(34)27-19(33)9-16(31)10-25(27)38-22/h3-13,26,28,30-33H,1-2H3/b17-11+. The lowest BCUT2D eigenvalue weighted by atomic mass is 9.98. The number of carbonyl (C=O) groups is 1. The molecule has 3 aromatic carbocycles. The number of nitrogens with one attached hydrogen (secondary N) is 1. The number of phenols is 3. The summed E-state index contributed by atoms with van der Waals surface area (Å²) in [7, 11) is 1.43. The Kier molecular flexibility index (Phi) is 6.00. The molecule has 3 heterocycles. The van der Waals surface area contributed by atoms with Crippen LogP contribution in [0.5, 0.6) is 34.5 Å². The highest BCUT2D eigenvalue weighted by Gasteiger charge is 2.36. The summed E-state index contributed by atoms with van der Waals surface area (Å²) < 4.78 is 23.8. The Morgan fingerprint density at radius 3 is 2.50 bits per heavy atom. The molecule has 11 heteroatoms. The van der Waals surface area contributed by atoms with Crippen molar-refractivity contribution in [2.45, 2.75) is 25.2 Å². The van der Waals surface area contributed by atoms with Gasteiger partial charge in [0.1, 0.15) is 28.2 Å². The van der Waals surface area contributed by atoms with E-state index in [-0.39, 0.29) is 45.8 Å². The van der Waals surface area contributed by atoms with Crippen molar-refractivity contribution in [1.82, 2.24) is 5.48 Å². The maximum absolute atomic E-state index is 12.7. The molecule has 0 radical (unpaired) electrons. The molecule has 0 saturated carbocycles. The third-order valence-electron chi connectivity index (χ3n) is 6.74. The van der Waals surface area contributed by atoms with E-state index in [1.807, 2.05) is 0 Å². The van der Waals surface area contributed by atoms with Crippen LogP contribution in [0.4, 0.5) is 0 Å². The van der Waals surface area contributed by atoms with Crippen molar-refractivity contribution < 1.29 is 43.6 Å². The van der Waals surface area contributed by atoms with Gasteiger partial charge in [0.25, 0.3) is 0 Å². The first-order valence-electron chi connectivity index (χ1n) is 12.2. The van der Waals surface area contributed by atoms with Crippen LogP contribution in [0.25, 0.3) is 22.3 Å². The molecular formula is C29H23NO10. The smallest absolute Gasteiger partial charge is 0.354 e. The Hall–Kier alpha value is -5.16. The molecule has 2 aliphatic heterocycles. The fraction of sp³-hybridized carbons (Fsp3) is 0.172. The molecule has 3 atom stereocenters. The van der Waals surface area contributed by atoms with Gasteiger partial charge in [0.2, 0.25) is 0 Å². The number of hydrogen-bond acceptors (Lipinski definition) is 11. The van der Waals surface area contributed by atoms with E-state index in [2.05, 4.69) is 5.48 Å². The molecule has 4 N–H and O–H groups in total. The van der Waals surface area contributed by atoms with Crippen molar-refractivity contribution in [3.8, 4) is 45.8 Å². The second-order valence-electron chi connectivity index (χ2n) is 9.38. The quantitative estimate of drug-likeness (QED) is 0.276. The van der Waals surface area contributed by atoms with E-state index in [1.165, 1.54) is 25.3 Å². The minimum absolute atomic E-state index is 0.0156. The highest BCUT2D eigenvalue weighted by molar-refractivity contribution is 5.91. The molecule has 2 aliphatic rings. The van der Waals surface area contributed by atoms with E-state index in [0.29, 0.717) is 28.2 Å². The first-order chi connectivity index (χ1) is 19.2. The zero-order valence-corrected chi connectivity index (χ0v) is 21.2. The number of methoxy groups -OCH3 is 1. The Morgan fingerprint density at radius 2 is 1.75 bits per heavy atom. The number of aromatic hydroxyl groups is 3. The van der Waals surface area contributed by atoms with Gasteiger partial charge in [-0.3, -0.25) is 4.79 Å². The molecule has 40 heavy (non-hydrogen) atoms. The van der Waals surface area contributed by atoms with Gasteiger partial charge in [-0.1, -0.05) is 6.07 Å². The van der Waals surface area contributed by atoms with E-state index in [9.17, 15) is 24.9 Å². The van der Waals surface area contributed by atoms with Gasteiger partial charge in [-0.05, 0) is 43.3 Å². The largest absolute Gasteiger partial charge is 0.508 e. The number of fused-ring (bicyclic) bond motifs is 2. The Bertz CT molecular complexity index is 1760. The van der Waals surface area contributed by atoms with Gasteiger partial charge in [-0.2, -0.15) is 0 Å². The lowest BCUT2D eigenvalue weighted by Gasteiger charge is -2.33. The molecule has 4 aromatic rings. The fourth-order valence-electron chi connectivity index (χ4n) is 4.74. The number of rotatable bonds is 4. The summed E-state index contributed by atoms with van der Waals surface area (Å²) in [6.45, 7) is 1.77. The molecule has 11 nitrogen and oxygen atoms in total. The zero-order chi connectivity index (χ0) is 28.1. The summed E-state index contributed by atoms with van der Waals surface area (Å²) >= 11 is 0. The van der Waals surface area contributed by atoms with E-state index in [1.54, 1.807) is 43.3 Å². The molecule has 3 unspecified atom stereocenters. The van der Waals surface area contributed by atoms with Crippen LogP contribution in [0.3, 0.4) is 0 Å². The van der Waals surface area contributed by atoms with Crippen LogP contribution < -0.4 is 25.1 Å². The summed E-state index contributed by atoms with van der Waals surface area (Å²) in [6.07, 6.45) is 0.0970. The number of ether oxygens (including phenoxy) is 3. The number of benzene rings is 3. The lowest BCUT2D eigenvalue weighted by Crippen LogP contribution is -2.33. The van der Waals surface area contributed by atoms with Crippen molar-refractivity contribution in [3.63, 3.8) is 0 Å². The molecular weight excluding hydrogens is 522 g/mol. The predicted octanol–water partition coefficient (Wildman–Crippen LogP) is 3.84. The van der Waals surface area contributed by atoms with Crippen LogP contribution in [0.1, 0.15) is 18.6 Å². The number of phenolic OH excluding ortho intramolecular Hbond substituents is 3. The van der Waals surface area contributed by atoms with Crippen LogP contribution >= 0.6 is 0 Å². The average molecular weight is 546 g/mol. The van der Waals surface area contributed by atoms with E-state index < -0.39 is 23.6 Å². The SMILES string of the molecule is COc1cc(C2Oc3cc(-c4cc(=O)c5c(O)cc(O)cc5o4)ccc3OC2/C=C2/C(=O)ONC2C)ccc1O. The van der Waals surface area contributed by atoms with Crippen LogP contribution in [0, 0.1) is 0 Å². The Labute approximate surface area is 226 Å². The van der Waals surface area contributed by atoms with Gasteiger partial charge in [-0.25, -0.2) is 4.79 Å². The molecule has 0 spiro atoms. The molecule has 1 aromatic heterocycles. The van der Waals surface area contributed by atoms with Crippen LogP contribution in [-0.4, -0.2) is 40.5 Å². The lowest BCUT2D eigenvalue weighted by molar-refractivity contribution is -0.140. The predicted molar refractivity (Wildman–Crippen MR) is 140 cm³/mol. The number of hydrogen-bond donors (Lipinski definition) is 4. The highest BCUT2D eigenvalue weighted by Crippen LogP contribution is 2.44. The van der Waals surface area contributed by atoms with Gasteiger partial charge < -0.3 is 38.8 Å². The maximum atomic E-state index is 12.7. The van der Waals surface area contributed by atoms with Crippen molar-refractivity contribution in [2.75, 3.05) is 7.11 Å². The van der Waals surface area contributed by atoms with Gasteiger partial charge in [0.15, 0.2) is 40.6 Å². The summed E-state index contributed by atoms with van der Waals surface area (Å²) in [4.78, 5) is 30.0. The molecule has 0 amide bonds. The number of carbonyl (C=O) groups excluding carboxylic acids is 1. The number of hydroxylamine groups is 1. The van der Waals surface area contributed by atoms with E-state index in [4.69, 9.17) is 23.5 Å². The zero-order valence-electron chi connectivity index (χ0n) is 21.2. The first-order valence-corrected chi connectivity index (χ1v) is 12.2. The van der Waals surface area contributed by atoms with Gasteiger partial charge in [0.05, 0.1) is 18.7 Å². The van der Waals surface area contributed by atoms with Crippen molar-refractivity contribution >= 4 is 16.9 Å². The minimum Gasteiger partial charge on any atom is -0.508 e. The fourth-order valence-corrected chi connectivity index (χ4v) is 4.74. The summed E-state index contributed by atoms with van der Waals surface area (Å²) in [5, 5.41) is 30.0. The monoisotopic (exact) mass is 545 g/mol. The second kappa shape index (κ2) is 9.54. The van der Waals surface area contributed by atoms with Gasteiger partial charge in [0, 0.05) is 29.3 Å². The first kappa shape index (κ1) is 25.1. The van der Waals surface area contributed by atoms with Crippen LogP contribution in [0.2, 0.25) is 0 Å². The van der Waals surface area contributed by atoms with Gasteiger partial charge >= 0.3 is 5.97 Å². The topological polar surface area (TPSA) is 157 Å². The molecule has 0 aliphatic carbocycles. The van der Waals surface area contributed by atoms with Gasteiger partial charge in [-0.15, -0.1) is 5.48 Å². The highest BCUT2D eigenvalue weighted by atomic mass is 16.7. The second-order valence-corrected chi connectivity index (χ2v) is 9.38. The van der Waals surface area contributed by atoms with Crippen molar-refractivity contribution in [3.05, 3.63) is 82.0 Å². The van der Waals surface area contributed by atoms with Crippen molar-refractivity contribution in [2.24, 2.45) is 0 Å². The molecule has 1 fully saturated rings. The molecule has 1 saturated heterocycles. The van der Waals surface area contributed by atoms with Crippen LogP contribution in [0.15, 0.2) is 75.5 Å². The maximum Gasteiger partial charge on any atom is 0.354 e. The normalized spacial score (nSPS) is 21.0. The molecule has 204 valence electrons. The summed E-state index contributed by atoms with van der Waals surface area (Å²) in [5.41, 5.74) is 3.59. The Morgan fingerprint density at radius 1 is 0.925 bits per heavy atom. The van der Waals surface area contributed by atoms with E-state index >= 15 is 0 Å².